The van der Waals surface area contributed by atoms with E-state index < -0.39 is 16.1 Å². The molecule has 158 valence electrons. The number of aryl methyl sites for hydroxylation is 1. The smallest absolute Gasteiger partial charge is 0.242 e. The first kappa shape index (κ1) is 22.9. The van der Waals surface area contributed by atoms with Gasteiger partial charge in [0.1, 0.15) is 11.8 Å². The maximum Gasteiger partial charge on any atom is 0.242 e. The summed E-state index contributed by atoms with van der Waals surface area (Å²) in [4.78, 5) is 12.8. The summed E-state index contributed by atoms with van der Waals surface area (Å²) in [7, 11) is -2.10. The zero-order valence-electron chi connectivity index (χ0n) is 17.3. The largest absolute Gasteiger partial charge is 0.493 e. The summed E-state index contributed by atoms with van der Waals surface area (Å²) in [5.74, 6) is 0.541. The standard InChI is InChI=1S/C22H30N2O4S/c1-4-17-28-20-15-9-8-11-18(20)14-10-16-23-22(25)21(24(2)29(3,26)27)19-12-6-5-7-13-19/h5-9,11-13,15,21H,4,10,14,16-17H2,1-3H3,(H,23,25)/t21-/m0/s1. The molecule has 7 heteroatoms. The highest BCUT2D eigenvalue weighted by atomic mass is 32.2. The van der Waals surface area contributed by atoms with E-state index in [9.17, 15) is 13.2 Å². The summed E-state index contributed by atoms with van der Waals surface area (Å²) < 4.78 is 30.9. The second-order valence-corrected chi connectivity index (χ2v) is 8.99. The number of ether oxygens (including phenoxy) is 1. The predicted octanol–water partition coefficient (Wildman–Crippen LogP) is 3.16. The molecule has 2 rings (SSSR count). The Morgan fingerprint density at radius 3 is 2.41 bits per heavy atom. The number of para-hydroxylation sites is 1. The van der Waals surface area contributed by atoms with Crippen LogP contribution in [0.3, 0.4) is 0 Å². The number of likely N-dealkylation sites (N-methyl/N-ethyl adjacent to an activating group) is 1. The van der Waals surface area contributed by atoms with E-state index in [0.717, 1.165) is 41.1 Å². The van der Waals surface area contributed by atoms with E-state index in [1.54, 1.807) is 24.3 Å². The number of hydrogen-bond acceptors (Lipinski definition) is 4. The fourth-order valence-corrected chi connectivity index (χ4v) is 3.60. The van der Waals surface area contributed by atoms with Crippen LogP contribution >= 0.6 is 0 Å². The average molecular weight is 419 g/mol. The van der Waals surface area contributed by atoms with Gasteiger partial charge in [0.05, 0.1) is 12.9 Å². The Kier molecular flexibility index (Phi) is 8.67. The predicted molar refractivity (Wildman–Crippen MR) is 115 cm³/mol. The Hall–Kier alpha value is -2.38. The van der Waals surface area contributed by atoms with E-state index in [1.807, 2.05) is 30.3 Å². The molecule has 0 fully saturated rings. The zero-order chi connectivity index (χ0) is 21.3. The van der Waals surface area contributed by atoms with Gasteiger partial charge in [-0.15, -0.1) is 0 Å². The van der Waals surface area contributed by atoms with E-state index in [2.05, 4.69) is 12.2 Å². The number of amides is 1. The van der Waals surface area contributed by atoms with Crippen molar-refractivity contribution in [1.82, 2.24) is 9.62 Å². The van der Waals surface area contributed by atoms with E-state index in [4.69, 9.17) is 4.74 Å². The van der Waals surface area contributed by atoms with Crippen molar-refractivity contribution in [1.29, 1.82) is 0 Å². The Labute approximate surface area is 173 Å². The van der Waals surface area contributed by atoms with Crippen LogP contribution in [-0.4, -0.2) is 45.1 Å². The molecule has 0 saturated carbocycles. The van der Waals surface area contributed by atoms with E-state index in [-0.39, 0.29) is 5.91 Å². The van der Waals surface area contributed by atoms with Gasteiger partial charge in [-0.1, -0.05) is 55.5 Å². The summed E-state index contributed by atoms with van der Waals surface area (Å²) in [5, 5.41) is 2.88. The van der Waals surface area contributed by atoms with Gasteiger partial charge in [0, 0.05) is 13.6 Å². The van der Waals surface area contributed by atoms with Crippen LogP contribution in [0.5, 0.6) is 5.75 Å². The van der Waals surface area contributed by atoms with Crippen molar-refractivity contribution in [3.63, 3.8) is 0 Å². The van der Waals surface area contributed by atoms with Gasteiger partial charge in [-0.2, -0.15) is 4.31 Å². The molecule has 0 saturated heterocycles. The monoisotopic (exact) mass is 418 g/mol. The third-order valence-corrected chi connectivity index (χ3v) is 5.86. The molecular formula is C22H30N2O4S. The highest BCUT2D eigenvalue weighted by molar-refractivity contribution is 7.88. The molecule has 0 spiro atoms. The minimum Gasteiger partial charge on any atom is -0.493 e. The van der Waals surface area contributed by atoms with Crippen LogP contribution < -0.4 is 10.1 Å². The second-order valence-electron chi connectivity index (χ2n) is 6.94. The molecular weight excluding hydrogens is 388 g/mol. The van der Waals surface area contributed by atoms with Crippen molar-refractivity contribution in [2.45, 2.75) is 32.2 Å². The first-order valence-corrected chi connectivity index (χ1v) is 11.7. The van der Waals surface area contributed by atoms with E-state index in [0.29, 0.717) is 18.7 Å². The lowest BCUT2D eigenvalue weighted by Gasteiger charge is -2.25. The second kappa shape index (κ2) is 11.0. The number of nitrogens with one attached hydrogen (secondary N) is 1. The molecule has 1 N–H and O–H groups in total. The number of carbonyl (C=O) groups excluding carboxylic acids is 1. The number of hydrogen-bond donors (Lipinski definition) is 1. The molecule has 29 heavy (non-hydrogen) atoms. The van der Waals surface area contributed by atoms with Crippen molar-refractivity contribution < 1.29 is 17.9 Å². The average Bonchev–Trinajstić information content (AvgIpc) is 2.70. The fraction of sp³-hybridized carbons (Fsp3) is 0.409. The first-order valence-electron chi connectivity index (χ1n) is 9.81. The van der Waals surface area contributed by atoms with Crippen molar-refractivity contribution >= 4 is 15.9 Å². The van der Waals surface area contributed by atoms with Crippen LogP contribution in [0.2, 0.25) is 0 Å². The van der Waals surface area contributed by atoms with Crippen molar-refractivity contribution in [3.8, 4) is 5.75 Å². The van der Waals surface area contributed by atoms with Gasteiger partial charge in [0.2, 0.25) is 15.9 Å². The lowest BCUT2D eigenvalue weighted by atomic mass is 10.1. The van der Waals surface area contributed by atoms with Gasteiger partial charge >= 0.3 is 0 Å². The quantitative estimate of drug-likeness (QED) is 0.569. The van der Waals surface area contributed by atoms with Gasteiger partial charge < -0.3 is 10.1 Å². The molecule has 0 aromatic heterocycles. The number of nitrogens with zero attached hydrogens (tertiary/aromatic N) is 1. The molecule has 0 heterocycles. The molecule has 0 aliphatic carbocycles. The maximum absolute atomic E-state index is 12.8. The Bertz CT molecular complexity index is 885. The van der Waals surface area contributed by atoms with Crippen LogP contribution in [0.1, 0.15) is 36.9 Å². The molecule has 0 unspecified atom stereocenters. The van der Waals surface area contributed by atoms with Crippen LogP contribution in [0.4, 0.5) is 0 Å². The lowest BCUT2D eigenvalue weighted by molar-refractivity contribution is -0.124. The molecule has 2 aromatic carbocycles. The van der Waals surface area contributed by atoms with Crippen LogP contribution in [0, 0.1) is 0 Å². The third kappa shape index (κ3) is 6.87. The number of sulfonamides is 1. The van der Waals surface area contributed by atoms with Gasteiger partial charge in [-0.05, 0) is 36.5 Å². The Morgan fingerprint density at radius 1 is 1.10 bits per heavy atom. The van der Waals surface area contributed by atoms with Gasteiger partial charge in [0.15, 0.2) is 0 Å². The SMILES string of the molecule is CCCOc1ccccc1CCCNC(=O)[C@H](c1ccccc1)N(C)S(C)(=O)=O. The normalized spacial score (nSPS) is 12.6. The summed E-state index contributed by atoms with van der Waals surface area (Å²) in [6.07, 6.45) is 3.53. The van der Waals surface area contributed by atoms with E-state index >= 15 is 0 Å². The third-order valence-electron chi connectivity index (χ3n) is 4.61. The van der Waals surface area contributed by atoms with Crippen LogP contribution in [-0.2, 0) is 21.2 Å². The number of benzene rings is 2. The molecule has 1 atom stereocenters. The van der Waals surface area contributed by atoms with Crippen molar-refractivity contribution in [2.24, 2.45) is 0 Å². The Balaban J connectivity index is 1.99. The zero-order valence-corrected chi connectivity index (χ0v) is 18.1. The van der Waals surface area contributed by atoms with Crippen molar-refractivity contribution in [3.05, 3.63) is 65.7 Å². The number of carbonyl (C=O) groups is 1. The Morgan fingerprint density at radius 2 is 1.76 bits per heavy atom. The van der Waals surface area contributed by atoms with Crippen LogP contribution in [0.25, 0.3) is 0 Å². The summed E-state index contributed by atoms with van der Waals surface area (Å²) in [6.45, 7) is 3.18. The highest BCUT2D eigenvalue weighted by Crippen LogP contribution is 2.22. The highest BCUT2D eigenvalue weighted by Gasteiger charge is 2.30. The van der Waals surface area contributed by atoms with Gasteiger partial charge in [-0.25, -0.2) is 8.42 Å². The first-order chi connectivity index (χ1) is 13.8. The molecule has 0 bridgehead atoms. The summed E-state index contributed by atoms with van der Waals surface area (Å²) in [5.41, 5.74) is 1.74. The minimum absolute atomic E-state index is 0.334. The lowest BCUT2D eigenvalue weighted by Crippen LogP contribution is -2.41. The molecule has 0 radical (unpaired) electrons. The molecule has 2 aromatic rings. The van der Waals surface area contributed by atoms with E-state index in [1.165, 1.54) is 7.05 Å². The molecule has 0 aliphatic rings. The summed E-state index contributed by atoms with van der Waals surface area (Å²) in [6, 6.07) is 15.9. The topological polar surface area (TPSA) is 75.7 Å². The fourth-order valence-electron chi connectivity index (χ4n) is 3.00. The number of rotatable bonds is 11. The molecule has 6 nitrogen and oxygen atoms in total. The maximum atomic E-state index is 12.8. The summed E-state index contributed by atoms with van der Waals surface area (Å²) >= 11 is 0. The minimum atomic E-state index is -3.53. The van der Waals surface area contributed by atoms with Gasteiger partial charge in [0.25, 0.3) is 0 Å². The van der Waals surface area contributed by atoms with Crippen molar-refractivity contribution in [2.75, 3.05) is 26.5 Å². The van der Waals surface area contributed by atoms with Gasteiger partial charge in [-0.3, -0.25) is 4.79 Å². The molecule has 1 amide bonds. The van der Waals surface area contributed by atoms with Crippen LogP contribution in [0.15, 0.2) is 54.6 Å². The molecule has 0 aliphatic heterocycles.